The monoisotopic (exact) mass is 863 g/mol. The average Bonchev–Trinajstić information content (AvgIpc) is 3.93. The van der Waals surface area contributed by atoms with Gasteiger partial charge in [-0.25, -0.2) is 21.6 Å². The molecule has 2 N–H and O–H groups in total. The molecule has 0 atom stereocenters. The van der Waals surface area contributed by atoms with E-state index in [1.54, 1.807) is 12.1 Å². The minimum atomic E-state index is -5.98. The lowest BCUT2D eigenvalue weighted by Crippen LogP contribution is -2.47. The first kappa shape index (κ1) is 42.5. The maximum atomic E-state index is 13.9. The quantitative estimate of drug-likeness (QED) is 0.201. The second-order valence-electron chi connectivity index (χ2n) is 16.6. The molecule has 11 nitrogen and oxygen atoms in total. The maximum absolute atomic E-state index is 13.9. The summed E-state index contributed by atoms with van der Waals surface area (Å²) in [5.41, 5.74) is -1.57. The van der Waals surface area contributed by atoms with Gasteiger partial charge in [-0.05, 0) is 103 Å². The van der Waals surface area contributed by atoms with Crippen molar-refractivity contribution in [3.05, 3.63) is 88.5 Å². The van der Waals surface area contributed by atoms with Gasteiger partial charge in [0.1, 0.15) is 4.90 Å². The summed E-state index contributed by atoms with van der Waals surface area (Å²) in [6.07, 6.45) is 4.34. The summed E-state index contributed by atoms with van der Waals surface area (Å²) in [5.74, 6) is -1.01. The van der Waals surface area contributed by atoms with E-state index >= 15 is 0 Å². The molecule has 2 aliphatic heterocycles. The zero-order chi connectivity index (χ0) is 41.5. The van der Waals surface area contributed by atoms with Crippen LogP contribution >= 0.6 is 11.6 Å². The molecule has 0 spiro atoms. The third-order valence-electron chi connectivity index (χ3n) is 11.6. The summed E-state index contributed by atoms with van der Waals surface area (Å²) in [6.45, 7) is 11.4. The van der Waals surface area contributed by atoms with Crippen LogP contribution in [0, 0.1) is 5.41 Å². The predicted octanol–water partition coefficient (Wildman–Crippen LogP) is 6.81. The van der Waals surface area contributed by atoms with Crippen LogP contribution in [-0.4, -0.2) is 109 Å². The van der Waals surface area contributed by atoms with E-state index in [9.17, 15) is 34.8 Å². The van der Waals surface area contributed by atoms with Crippen molar-refractivity contribution in [2.75, 3.05) is 75.8 Å². The molecule has 0 radical (unpaired) electrons. The van der Waals surface area contributed by atoms with E-state index in [1.807, 2.05) is 16.9 Å². The SMILES string of the molecule is CC1(C)CCC(c2ccc(Cl)cc2)=C(CN2CCN(c3ccc(C(=O)NS(=O)(=O)c4ccc(NC5(CN6CCOCC6)CC5)c(S(=O)(=O)C(F)(F)F)c4)cc3)CC2)C1. The van der Waals surface area contributed by atoms with Crippen molar-refractivity contribution in [1.29, 1.82) is 0 Å². The molecule has 0 unspecified atom stereocenters. The van der Waals surface area contributed by atoms with Crippen LogP contribution in [0.5, 0.6) is 0 Å². The number of rotatable bonds is 12. The fourth-order valence-electron chi connectivity index (χ4n) is 8.13. The first-order valence-corrected chi connectivity index (χ1v) is 22.8. The van der Waals surface area contributed by atoms with Gasteiger partial charge in [-0.15, -0.1) is 0 Å². The summed E-state index contributed by atoms with van der Waals surface area (Å²) < 4.78 is 101. The van der Waals surface area contributed by atoms with Crippen LogP contribution in [0.25, 0.3) is 5.57 Å². The lowest BCUT2D eigenvalue weighted by Gasteiger charge is -2.39. The molecule has 2 heterocycles. The van der Waals surface area contributed by atoms with Crippen molar-refractivity contribution in [3.63, 3.8) is 0 Å². The number of hydrogen-bond donors (Lipinski definition) is 2. The summed E-state index contributed by atoms with van der Waals surface area (Å²) in [4.78, 5) is 17.9. The highest BCUT2D eigenvalue weighted by atomic mass is 35.5. The highest BCUT2D eigenvalue weighted by Crippen LogP contribution is 2.45. The fourth-order valence-corrected chi connectivity index (χ4v) is 10.3. The number of nitrogens with one attached hydrogen (secondary N) is 2. The number of anilines is 2. The second kappa shape index (κ2) is 16.4. The van der Waals surface area contributed by atoms with E-state index < -0.39 is 46.6 Å². The summed E-state index contributed by atoms with van der Waals surface area (Å²) in [6, 6.07) is 16.9. The topological polar surface area (TPSA) is 128 Å². The molecule has 0 bridgehead atoms. The summed E-state index contributed by atoms with van der Waals surface area (Å²) in [7, 11) is -10.8. The van der Waals surface area contributed by atoms with Gasteiger partial charge in [-0.3, -0.25) is 14.6 Å². The Morgan fingerprint density at radius 2 is 1.50 bits per heavy atom. The molecule has 0 aromatic heterocycles. The molecule has 1 saturated carbocycles. The third-order valence-corrected chi connectivity index (χ3v) is 14.7. The minimum absolute atomic E-state index is 0.00718. The van der Waals surface area contributed by atoms with Crippen LogP contribution in [0.15, 0.2) is 82.1 Å². The number of sulfone groups is 1. The van der Waals surface area contributed by atoms with Gasteiger partial charge in [-0.1, -0.05) is 43.2 Å². The molecule has 2 saturated heterocycles. The van der Waals surface area contributed by atoms with Crippen molar-refractivity contribution in [1.82, 2.24) is 14.5 Å². The Bertz CT molecular complexity index is 2250. The van der Waals surface area contributed by atoms with Crippen molar-refractivity contribution in [3.8, 4) is 0 Å². The minimum Gasteiger partial charge on any atom is -0.379 e. The lowest BCUT2D eigenvalue weighted by molar-refractivity contribution is -0.0436. The first-order valence-electron chi connectivity index (χ1n) is 19.5. The van der Waals surface area contributed by atoms with Crippen LogP contribution in [0.3, 0.4) is 0 Å². The fraction of sp³-hybridized carbons (Fsp3) is 0.488. The van der Waals surface area contributed by atoms with Crippen molar-refractivity contribution in [2.24, 2.45) is 5.41 Å². The first-order chi connectivity index (χ1) is 27.3. The Kier molecular flexibility index (Phi) is 12.0. The van der Waals surface area contributed by atoms with Gasteiger partial charge in [-0.2, -0.15) is 13.2 Å². The second-order valence-corrected chi connectivity index (χ2v) is 20.6. The number of ether oxygens (including phenoxy) is 1. The number of piperazine rings is 1. The maximum Gasteiger partial charge on any atom is 0.501 e. The number of hydrogen-bond acceptors (Lipinski definition) is 10. The van der Waals surface area contributed by atoms with Gasteiger partial charge in [0.2, 0.25) is 0 Å². The molecule has 7 rings (SSSR count). The highest BCUT2D eigenvalue weighted by molar-refractivity contribution is 7.92. The highest BCUT2D eigenvalue weighted by Gasteiger charge is 2.50. The van der Waals surface area contributed by atoms with Gasteiger partial charge < -0.3 is 15.0 Å². The third kappa shape index (κ3) is 9.68. The number of amides is 1. The molecule has 4 aliphatic rings. The van der Waals surface area contributed by atoms with E-state index in [4.69, 9.17) is 16.3 Å². The van der Waals surface area contributed by atoms with Gasteiger partial charge in [0.05, 0.1) is 29.3 Å². The smallest absolute Gasteiger partial charge is 0.379 e. The van der Waals surface area contributed by atoms with Gasteiger partial charge in [0.15, 0.2) is 0 Å². The molecule has 17 heteroatoms. The van der Waals surface area contributed by atoms with Crippen LogP contribution in [0.2, 0.25) is 5.02 Å². The molecule has 58 heavy (non-hydrogen) atoms. The lowest BCUT2D eigenvalue weighted by atomic mass is 9.73. The predicted molar refractivity (Wildman–Crippen MR) is 218 cm³/mol. The van der Waals surface area contributed by atoms with Crippen molar-refractivity contribution in [2.45, 2.75) is 66.8 Å². The summed E-state index contributed by atoms with van der Waals surface area (Å²) >= 11 is 6.17. The zero-order valence-electron chi connectivity index (χ0n) is 32.6. The Labute approximate surface area is 343 Å². The molecule has 314 valence electrons. The Morgan fingerprint density at radius 1 is 0.845 bits per heavy atom. The molecule has 2 aliphatic carbocycles. The van der Waals surface area contributed by atoms with Crippen molar-refractivity contribution < 1.29 is 39.5 Å². The van der Waals surface area contributed by atoms with Crippen LogP contribution in [0.4, 0.5) is 24.5 Å². The normalized spacial score (nSPS) is 20.5. The molecule has 1 amide bonds. The van der Waals surface area contributed by atoms with Crippen LogP contribution in [0.1, 0.15) is 61.9 Å². The van der Waals surface area contributed by atoms with E-state index in [-0.39, 0.29) is 16.7 Å². The Morgan fingerprint density at radius 3 is 2.12 bits per heavy atom. The number of alkyl halides is 3. The number of carbonyl (C=O) groups excluding carboxylic acids is 1. The molecule has 3 aromatic rings. The molecular weight excluding hydrogens is 815 g/mol. The molecule has 3 fully saturated rings. The molecular formula is C41H49ClF3N5O6S2. The summed E-state index contributed by atoms with van der Waals surface area (Å²) in [5, 5.41) is 3.69. The van der Waals surface area contributed by atoms with Gasteiger partial charge in [0.25, 0.3) is 25.8 Å². The van der Waals surface area contributed by atoms with Gasteiger partial charge >= 0.3 is 5.51 Å². The van der Waals surface area contributed by atoms with E-state index in [0.29, 0.717) is 56.8 Å². The van der Waals surface area contributed by atoms with Gasteiger partial charge in [0, 0.05) is 68.6 Å². The van der Waals surface area contributed by atoms with E-state index in [0.717, 1.165) is 69.8 Å². The van der Waals surface area contributed by atoms with Crippen LogP contribution in [-0.2, 0) is 24.6 Å². The average molecular weight is 864 g/mol. The number of halogens is 4. The number of benzene rings is 3. The van der Waals surface area contributed by atoms with E-state index in [1.165, 1.54) is 28.8 Å². The van der Waals surface area contributed by atoms with Crippen molar-refractivity contribution >= 4 is 54.3 Å². The van der Waals surface area contributed by atoms with E-state index in [2.05, 4.69) is 46.0 Å². The number of morpholine rings is 1. The Hall–Kier alpha value is -3.67. The largest absolute Gasteiger partial charge is 0.501 e. The molecule has 3 aromatic carbocycles. The number of allylic oxidation sites excluding steroid dienone is 1. The standard InChI is InChI=1S/C41H49ClF3N5O6S2/c1-39(2)14-13-35(29-3-7-32(42)8-4-29)31(26-39)27-48-17-19-50(20-18-48)33-9-5-30(6-10-33)38(51)47-58(54,55)34-11-12-36(37(25-34)57(52,53)41(43,44)45)46-40(15-16-40)28-49-21-23-56-24-22-49/h3-12,25,46H,13-24,26-28H2,1-2H3,(H,47,51). The Balaban J connectivity index is 1.00. The zero-order valence-corrected chi connectivity index (χ0v) is 35.0. The number of nitrogens with zero attached hydrogens (tertiary/aromatic N) is 3. The number of carbonyl (C=O) groups is 1. The number of sulfonamides is 1. The van der Waals surface area contributed by atoms with Crippen LogP contribution < -0.4 is 14.9 Å².